The summed E-state index contributed by atoms with van der Waals surface area (Å²) in [4.78, 5) is 14.1. The molecule has 2 aromatic carbocycles. The maximum atomic E-state index is 13.1. The highest BCUT2D eigenvalue weighted by atomic mass is 32.2. The smallest absolute Gasteiger partial charge is 0.223 e. The number of amides is 1. The van der Waals surface area contributed by atoms with E-state index in [2.05, 4.69) is 5.16 Å². The Morgan fingerprint density at radius 2 is 1.84 bits per heavy atom. The monoisotopic (exact) mass is 442 g/mol. The first kappa shape index (κ1) is 22.6. The number of benzene rings is 2. The third-order valence-electron chi connectivity index (χ3n) is 5.19. The quantitative estimate of drug-likeness (QED) is 0.527. The van der Waals surface area contributed by atoms with Crippen LogP contribution < -0.4 is 4.74 Å². The first-order valence-electron chi connectivity index (χ1n) is 9.85. The number of rotatable bonds is 8. The molecule has 0 aliphatic carbocycles. The minimum absolute atomic E-state index is 0.0273. The molecule has 0 spiro atoms. The van der Waals surface area contributed by atoms with Crippen LogP contribution in [0.2, 0.25) is 0 Å². The lowest BCUT2D eigenvalue weighted by Gasteiger charge is -2.17. The van der Waals surface area contributed by atoms with Gasteiger partial charge in [-0.2, -0.15) is 0 Å². The summed E-state index contributed by atoms with van der Waals surface area (Å²) in [6, 6.07) is 14.4. The third-order valence-corrected chi connectivity index (χ3v) is 6.92. The molecule has 0 saturated carbocycles. The summed E-state index contributed by atoms with van der Waals surface area (Å²) in [7, 11) is -0.697. The summed E-state index contributed by atoms with van der Waals surface area (Å²) in [5, 5.41) is 3.93. The summed E-state index contributed by atoms with van der Waals surface area (Å²) in [6.07, 6.45) is -0.126. The Labute approximate surface area is 182 Å². The maximum Gasteiger partial charge on any atom is 0.223 e. The second-order valence-corrected chi connectivity index (χ2v) is 9.47. The van der Waals surface area contributed by atoms with Gasteiger partial charge in [0.15, 0.2) is 15.6 Å². The van der Waals surface area contributed by atoms with E-state index < -0.39 is 9.84 Å². The van der Waals surface area contributed by atoms with Gasteiger partial charge in [-0.3, -0.25) is 4.79 Å². The number of methoxy groups -OCH3 is 1. The van der Waals surface area contributed by atoms with Crippen molar-refractivity contribution in [2.24, 2.45) is 0 Å². The van der Waals surface area contributed by atoms with Crippen LogP contribution in [0.25, 0.3) is 11.3 Å². The Bertz CT molecular complexity index is 1170. The molecule has 1 amide bonds. The Balaban J connectivity index is 1.78. The Hall–Kier alpha value is -3.13. The number of sulfone groups is 1. The average molecular weight is 443 g/mol. The zero-order valence-electron chi connectivity index (χ0n) is 18.1. The predicted molar refractivity (Wildman–Crippen MR) is 118 cm³/mol. The van der Waals surface area contributed by atoms with Crippen LogP contribution in [0.3, 0.4) is 0 Å². The van der Waals surface area contributed by atoms with Crippen LogP contribution in [0.4, 0.5) is 0 Å². The number of aryl methyl sites for hydroxylation is 1. The fraction of sp³-hybridized carbons (Fsp3) is 0.304. The normalized spacial score (nSPS) is 11.4. The molecule has 0 fully saturated rings. The second kappa shape index (κ2) is 9.34. The molecule has 0 radical (unpaired) electrons. The first-order chi connectivity index (χ1) is 14.7. The number of hydrogen-bond acceptors (Lipinski definition) is 6. The van der Waals surface area contributed by atoms with E-state index in [0.717, 1.165) is 16.8 Å². The summed E-state index contributed by atoms with van der Waals surface area (Å²) in [5.74, 6) is 0.168. The minimum atomic E-state index is -3.78. The highest BCUT2D eigenvalue weighted by molar-refractivity contribution is 7.91. The maximum absolute atomic E-state index is 13.1. The molecule has 0 unspecified atom stereocenters. The number of ether oxygens (including phenoxy) is 1. The van der Waals surface area contributed by atoms with E-state index in [4.69, 9.17) is 9.26 Å². The van der Waals surface area contributed by atoms with Gasteiger partial charge in [-0.1, -0.05) is 35.5 Å². The van der Waals surface area contributed by atoms with Crippen LogP contribution in [-0.4, -0.2) is 44.3 Å². The van der Waals surface area contributed by atoms with E-state index in [1.165, 1.54) is 18.1 Å². The molecule has 0 saturated heterocycles. The molecule has 3 rings (SSSR count). The molecule has 0 N–H and O–H groups in total. The summed E-state index contributed by atoms with van der Waals surface area (Å²) in [6.45, 7) is 4.10. The van der Waals surface area contributed by atoms with Crippen LogP contribution in [0.15, 0.2) is 57.9 Å². The predicted octanol–water partition coefficient (Wildman–Crippen LogP) is 3.79. The van der Waals surface area contributed by atoms with Crippen LogP contribution >= 0.6 is 0 Å². The van der Waals surface area contributed by atoms with Gasteiger partial charge in [0.1, 0.15) is 10.6 Å². The Morgan fingerprint density at radius 3 is 2.45 bits per heavy atom. The first-order valence-corrected chi connectivity index (χ1v) is 11.5. The number of carbonyl (C=O) groups is 1. The molecule has 7 nitrogen and oxygen atoms in total. The van der Waals surface area contributed by atoms with Crippen molar-refractivity contribution in [2.75, 3.05) is 19.9 Å². The van der Waals surface area contributed by atoms with Gasteiger partial charge in [-0.15, -0.1) is 0 Å². The minimum Gasteiger partial charge on any atom is -0.495 e. The lowest BCUT2D eigenvalue weighted by molar-refractivity contribution is -0.130. The Morgan fingerprint density at radius 1 is 1.13 bits per heavy atom. The largest absolute Gasteiger partial charge is 0.495 e. The van der Waals surface area contributed by atoms with Gasteiger partial charge in [0.25, 0.3) is 0 Å². The standard InChI is InChI=1S/C23H26N2O5S/c1-16-17(2)24-30-23(16)19-10-11-20(29-4)21(14-19)31(27,28)13-12-22(26)25(3)15-18-8-6-5-7-9-18/h5-11,14H,12-13,15H2,1-4H3. The van der Waals surface area contributed by atoms with E-state index in [-0.39, 0.29) is 28.7 Å². The van der Waals surface area contributed by atoms with E-state index in [1.54, 1.807) is 19.2 Å². The molecular weight excluding hydrogens is 416 g/mol. The third kappa shape index (κ3) is 5.14. The van der Waals surface area contributed by atoms with Crippen molar-refractivity contribution in [3.05, 3.63) is 65.4 Å². The zero-order chi connectivity index (χ0) is 22.6. The van der Waals surface area contributed by atoms with E-state index in [9.17, 15) is 13.2 Å². The van der Waals surface area contributed by atoms with Crippen molar-refractivity contribution in [3.8, 4) is 17.1 Å². The van der Waals surface area contributed by atoms with Gasteiger partial charge < -0.3 is 14.2 Å². The molecule has 0 bridgehead atoms. The molecule has 31 heavy (non-hydrogen) atoms. The van der Waals surface area contributed by atoms with Gasteiger partial charge in [-0.05, 0) is 37.6 Å². The van der Waals surface area contributed by atoms with Crippen molar-refractivity contribution in [2.45, 2.75) is 31.7 Å². The van der Waals surface area contributed by atoms with Crippen LogP contribution in [0, 0.1) is 13.8 Å². The zero-order valence-corrected chi connectivity index (χ0v) is 18.9. The lowest BCUT2D eigenvalue weighted by atomic mass is 10.1. The van der Waals surface area contributed by atoms with Gasteiger partial charge >= 0.3 is 0 Å². The molecule has 3 aromatic rings. The second-order valence-electron chi connectivity index (χ2n) is 7.39. The molecule has 1 aromatic heterocycles. The van der Waals surface area contributed by atoms with Crippen LogP contribution in [-0.2, 0) is 21.2 Å². The molecule has 8 heteroatoms. The van der Waals surface area contributed by atoms with Crippen molar-refractivity contribution in [1.29, 1.82) is 0 Å². The number of hydrogen-bond donors (Lipinski definition) is 0. The summed E-state index contributed by atoms with van der Waals surface area (Å²) >= 11 is 0. The average Bonchev–Trinajstić information content (AvgIpc) is 3.10. The van der Waals surface area contributed by atoms with Gasteiger partial charge in [0.2, 0.25) is 5.91 Å². The number of carbonyl (C=O) groups excluding carboxylic acids is 1. The van der Waals surface area contributed by atoms with Crippen LogP contribution in [0.5, 0.6) is 5.75 Å². The molecule has 1 heterocycles. The topological polar surface area (TPSA) is 89.7 Å². The fourth-order valence-corrected chi connectivity index (χ4v) is 4.64. The van der Waals surface area contributed by atoms with Crippen molar-refractivity contribution >= 4 is 15.7 Å². The summed E-state index contributed by atoms with van der Waals surface area (Å²) in [5.41, 5.74) is 3.15. The van der Waals surface area contributed by atoms with E-state index in [1.807, 2.05) is 44.2 Å². The van der Waals surface area contributed by atoms with Gasteiger partial charge in [-0.25, -0.2) is 8.42 Å². The number of nitrogens with zero attached hydrogens (tertiary/aromatic N) is 2. The van der Waals surface area contributed by atoms with Crippen molar-refractivity contribution in [1.82, 2.24) is 10.1 Å². The van der Waals surface area contributed by atoms with Crippen molar-refractivity contribution < 1.29 is 22.5 Å². The summed E-state index contributed by atoms with van der Waals surface area (Å²) < 4.78 is 36.8. The SMILES string of the molecule is COc1ccc(-c2onc(C)c2C)cc1S(=O)(=O)CCC(=O)N(C)Cc1ccccc1. The molecule has 0 aliphatic heterocycles. The highest BCUT2D eigenvalue weighted by Crippen LogP contribution is 2.33. The molecular formula is C23H26N2O5S. The van der Waals surface area contributed by atoms with E-state index in [0.29, 0.717) is 17.9 Å². The fourth-order valence-electron chi connectivity index (χ4n) is 3.21. The van der Waals surface area contributed by atoms with Gasteiger partial charge in [0, 0.05) is 31.1 Å². The number of aromatic nitrogens is 1. The molecule has 0 atom stereocenters. The van der Waals surface area contributed by atoms with E-state index >= 15 is 0 Å². The van der Waals surface area contributed by atoms with Gasteiger partial charge in [0.05, 0.1) is 18.6 Å². The van der Waals surface area contributed by atoms with Crippen molar-refractivity contribution in [3.63, 3.8) is 0 Å². The lowest BCUT2D eigenvalue weighted by Crippen LogP contribution is -2.28. The highest BCUT2D eigenvalue weighted by Gasteiger charge is 2.24. The molecule has 0 aliphatic rings. The molecule has 164 valence electrons. The Kier molecular flexibility index (Phi) is 6.80. The van der Waals surface area contributed by atoms with Crippen LogP contribution in [0.1, 0.15) is 23.2 Å².